The van der Waals surface area contributed by atoms with Gasteiger partial charge in [-0.15, -0.1) is 0 Å². The van der Waals surface area contributed by atoms with Gasteiger partial charge in [-0.1, -0.05) is 18.2 Å². The first-order chi connectivity index (χ1) is 9.41. The number of aliphatic carboxylic acids is 1. The highest BCUT2D eigenvalue weighted by atomic mass is 16.4. The van der Waals surface area contributed by atoms with Crippen molar-refractivity contribution in [3.05, 3.63) is 29.8 Å². The van der Waals surface area contributed by atoms with Gasteiger partial charge in [0.2, 0.25) is 5.91 Å². The number of carboxylic acids is 1. The minimum atomic E-state index is -0.921. The fourth-order valence-corrected chi connectivity index (χ4v) is 2.56. The lowest BCUT2D eigenvalue weighted by Gasteiger charge is -2.27. The van der Waals surface area contributed by atoms with E-state index in [1.807, 2.05) is 31.2 Å². The van der Waals surface area contributed by atoms with Crippen LogP contribution in [-0.4, -0.2) is 47.6 Å². The maximum absolute atomic E-state index is 12.4. The molecule has 1 aliphatic heterocycles. The summed E-state index contributed by atoms with van der Waals surface area (Å²) in [7, 11) is 1.66. The molecule has 2 atom stereocenters. The monoisotopic (exact) mass is 276 g/mol. The lowest BCUT2D eigenvalue weighted by molar-refractivity contribution is -0.142. The number of fused-ring (bicyclic) bond motifs is 1. The van der Waals surface area contributed by atoms with E-state index in [1.165, 1.54) is 5.56 Å². The van der Waals surface area contributed by atoms with Crippen LogP contribution in [-0.2, 0) is 16.0 Å². The molecule has 1 N–H and O–H groups in total. The van der Waals surface area contributed by atoms with Crippen LogP contribution >= 0.6 is 0 Å². The smallest absolute Gasteiger partial charge is 0.320 e. The van der Waals surface area contributed by atoms with E-state index < -0.39 is 12.0 Å². The molecule has 5 nitrogen and oxygen atoms in total. The molecule has 1 amide bonds. The van der Waals surface area contributed by atoms with E-state index >= 15 is 0 Å². The zero-order chi connectivity index (χ0) is 14.9. The fraction of sp³-hybridized carbons (Fsp3) is 0.467. The van der Waals surface area contributed by atoms with Crippen molar-refractivity contribution in [1.29, 1.82) is 0 Å². The van der Waals surface area contributed by atoms with Crippen molar-refractivity contribution < 1.29 is 14.7 Å². The van der Waals surface area contributed by atoms with Crippen LogP contribution in [0.1, 0.15) is 19.4 Å². The van der Waals surface area contributed by atoms with Gasteiger partial charge in [-0.2, -0.15) is 0 Å². The van der Waals surface area contributed by atoms with Gasteiger partial charge in [-0.25, -0.2) is 0 Å². The van der Waals surface area contributed by atoms with Gasteiger partial charge in [0.05, 0.1) is 6.54 Å². The molecule has 0 aromatic heterocycles. The van der Waals surface area contributed by atoms with Crippen LogP contribution in [0.15, 0.2) is 24.3 Å². The zero-order valence-corrected chi connectivity index (χ0v) is 12.0. The predicted molar refractivity (Wildman–Crippen MR) is 76.8 cm³/mol. The van der Waals surface area contributed by atoms with Gasteiger partial charge >= 0.3 is 5.97 Å². The molecule has 1 aromatic carbocycles. The normalized spacial score (nSPS) is 19.0. The number of para-hydroxylation sites is 1. The SMILES string of the molecule is CC(C(=O)O)N(C)CC(=O)N1c2ccccc2CC1C. The highest BCUT2D eigenvalue weighted by Gasteiger charge is 2.31. The number of rotatable bonds is 4. The fourth-order valence-electron chi connectivity index (χ4n) is 2.56. The summed E-state index contributed by atoms with van der Waals surface area (Å²) in [5.74, 6) is -0.978. The first kappa shape index (κ1) is 14.5. The molecule has 1 heterocycles. The Morgan fingerprint density at radius 1 is 1.45 bits per heavy atom. The topological polar surface area (TPSA) is 60.9 Å². The van der Waals surface area contributed by atoms with Gasteiger partial charge in [0.1, 0.15) is 6.04 Å². The number of hydrogen-bond acceptors (Lipinski definition) is 3. The molecule has 0 spiro atoms. The van der Waals surface area contributed by atoms with Crippen molar-refractivity contribution in [2.24, 2.45) is 0 Å². The van der Waals surface area contributed by atoms with Gasteiger partial charge in [-0.05, 0) is 38.9 Å². The second-order valence-corrected chi connectivity index (χ2v) is 5.37. The van der Waals surface area contributed by atoms with Gasteiger partial charge in [0, 0.05) is 11.7 Å². The van der Waals surface area contributed by atoms with E-state index in [4.69, 9.17) is 5.11 Å². The Bertz CT molecular complexity index is 530. The van der Waals surface area contributed by atoms with Crippen molar-refractivity contribution in [2.45, 2.75) is 32.4 Å². The number of benzene rings is 1. The Kier molecular flexibility index (Phi) is 4.09. The Morgan fingerprint density at radius 2 is 2.10 bits per heavy atom. The van der Waals surface area contributed by atoms with E-state index in [1.54, 1.807) is 23.8 Å². The number of amides is 1. The summed E-state index contributed by atoms with van der Waals surface area (Å²) in [5, 5.41) is 8.97. The first-order valence-corrected chi connectivity index (χ1v) is 6.74. The predicted octanol–water partition coefficient (Wildman–Crippen LogP) is 1.37. The number of carboxylic acid groups (broad SMARTS) is 1. The maximum atomic E-state index is 12.4. The highest BCUT2D eigenvalue weighted by Crippen LogP contribution is 2.31. The molecule has 108 valence electrons. The molecule has 0 radical (unpaired) electrons. The van der Waals surface area contributed by atoms with Crippen LogP contribution < -0.4 is 4.90 Å². The third-order valence-corrected chi connectivity index (χ3v) is 3.88. The third kappa shape index (κ3) is 2.67. The second kappa shape index (κ2) is 5.63. The summed E-state index contributed by atoms with van der Waals surface area (Å²) in [6.45, 7) is 3.70. The van der Waals surface area contributed by atoms with E-state index in [0.717, 1.165) is 12.1 Å². The molecule has 0 bridgehead atoms. The Labute approximate surface area is 118 Å². The minimum Gasteiger partial charge on any atom is -0.480 e. The third-order valence-electron chi connectivity index (χ3n) is 3.88. The quantitative estimate of drug-likeness (QED) is 0.902. The lowest BCUT2D eigenvalue weighted by Crippen LogP contribution is -2.46. The molecule has 2 rings (SSSR count). The minimum absolute atomic E-state index is 0.0574. The van der Waals surface area contributed by atoms with Crippen LogP contribution in [0.25, 0.3) is 0 Å². The van der Waals surface area contributed by atoms with E-state index in [0.29, 0.717) is 0 Å². The van der Waals surface area contributed by atoms with Crippen LogP contribution in [0, 0.1) is 0 Å². The number of carbonyl (C=O) groups is 2. The molecule has 0 saturated carbocycles. The van der Waals surface area contributed by atoms with Crippen molar-refractivity contribution >= 4 is 17.6 Å². The number of carbonyl (C=O) groups excluding carboxylic acids is 1. The Balaban J connectivity index is 2.12. The molecule has 1 aromatic rings. The Hall–Kier alpha value is -1.88. The molecule has 0 fully saturated rings. The summed E-state index contributed by atoms with van der Waals surface area (Å²) in [6, 6.07) is 7.31. The summed E-state index contributed by atoms with van der Waals surface area (Å²) in [6.07, 6.45) is 0.847. The van der Waals surface area contributed by atoms with Gasteiger partial charge in [0.25, 0.3) is 0 Å². The van der Waals surface area contributed by atoms with Gasteiger partial charge in [0.15, 0.2) is 0 Å². The molecular weight excluding hydrogens is 256 g/mol. The number of nitrogens with zero attached hydrogens (tertiary/aromatic N) is 2. The van der Waals surface area contributed by atoms with E-state index in [2.05, 4.69) is 0 Å². The standard InChI is InChI=1S/C15H20N2O3/c1-10-8-12-6-4-5-7-13(12)17(10)14(18)9-16(3)11(2)15(19)20/h4-7,10-11H,8-9H2,1-3H3,(H,19,20). The zero-order valence-electron chi connectivity index (χ0n) is 12.0. The second-order valence-electron chi connectivity index (χ2n) is 5.37. The van der Waals surface area contributed by atoms with Gasteiger partial charge < -0.3 is 10.0 Å². The maximum Gasteiger partial charge on any atom is 0.320 e. The van der Waals surface area contributed by atoms with Gasteiger partial charge in [-0.3, -0.25) is 14.5 Å². The summed E-state index contributed by atoms with van der Waals surface area (Å²) in [5.41, 5.74) is 2.11. The molecular formula is C15H20N2O3. The first-order valence-electron chi connectivity index (χ1n) is 6.74. The molecule has 2 unspecified atom stereocenters. The van der Waals surface area contributed by atoms with Crippen molar-refractivity contribution in [3.63, 3.8) is 0 Å². The van der Waals surface area contributed by atoms with Crippen LogP contribution in [0.2, 0.25) is 0 Å². The summed E-state index contributed by atoms with van der Waals surface area (Å²) < 4.78 is 0. The lowest BCUT2D eigenvalue weighted by atomic mass is 10.1. The number of hydrogen-bond donors (Lipinski definition) is 1. The van der Waals surface area contributed by atoms with Crippen LogP contribution in [0.3, 0.4) is 0 Å². The average Bonchev–Trinajstić information content (AvgIpc) is 2.73. The molecule has 0 aliphatic carbocycles. The van der Waals surface area contributed by atoms with Crippen LogP contribution in [0.4, 0.5) is 5.69 Å². The summed E-state index contributed by atoms with van der Waals surface area (Å²) >= 11 is 0. The van der Waals surface area contributed by atoms with E-state index in [-0.39, 0.29) is 18.5 Å². The highest BCUT2D eigenvalue weighted by molar-refractivity contribution is 5.97. The molecule has 20 heavy (non-hydrogen) atoms. The Morgan fingerprint density at radius 3 is 2.75 bits per heavy atom. The van der Waals surface area contributed by atoms with Crippen molar-refractivity contribution in [1.82, 2.24) is 4.90 Å². The molecule has 1 aliphatic rings. The molecule has 0 saturated heterocycles. The van der Waals surface area contributed by atoms with Crippen molar-refractivity contribution in [3.8, 4) is 0 Å². The largest absolute Gasteiger partial charge is 0.480 e. The number of anilines is 1. The van der Waals surface area contributed by atoms with Crippen molar-refractivity contribution in [2.75, 3.05) is 18.5 Å². The molecule has 5 heteroatoms. The van der Waals surface area contributed by atoms with Crippen LogP contribution in [0.5, 0.6) is 0 Å². The number of likely N-dealkylation sites (N-methyl/N-ethyl adjacent to an activating group) is 1. The van der Waals surface area contributed by atoms with E-state index in [9.17, 15) is 9.59 Å². The average molecular weight is 276 g/mol. The summed E-state index contributed by atoms with van der Waals surface area (Å²) in [4.78, 5) is 26.7.